The molecule has 1 N–H and O–H groups in total. The van der Waals surface area contributed by atoms with E-state index in [-0.39, 0.29) is 5.91 Å². The number of amides is 1. The van der Waals surface area contributed by atoms with Crippen molar-refractivity contribution in [2.45, 2.75) is 55.4 Å². The number of anilines is 3. The molecule has 0 aliphatic carbocycles. The van der Waals surface area contributed by atoms with Gasteiger partial charge < -0.3 is 10.2 Å². The molecule has 1 amide bonds. The molecule has 0 unspecified atom stereocenters. The van der Waals surface area contributed by atoms with Crippen LogP contribution in [0.4, 0.5) is 17.1 Å². The van der Waals surface area contributed by atoms with Crippen molar-refractivity contribution in [2.24, 2.45) is 0 Å². The van der Waals surface area contributed by atoms with Crippen LogP contribution in [-0.2, 0) is 0 Å². The van der Waals surface area contributed by atoms with Crippen molar-refractivity contribution in [1.82, 2.24) is 0 Å². The molecule has 0 atom stereocenters. The van der Waals surface area contributed by atoms with Crippen molar-refractivity contribution in [1.29, 1.82) is 0 Å². The van der Waals surface area contributed by atoms with Gasteiger partial charge in [0.15, 0.2) is 0 Å². The summed E-state index contributed by atoms with van der Waals surface area (Å²) < 4.78 is 0. The number of carbonyl (C=O) groups excluding carboxylic acids is 1. The van der Waals surface area contributed by atoms with Crippen LogP contribution in [-0.4, -0.2) is 13.0 Å². The minimum absolute atomic E-state index is 0.0655. The number of fused-ring (bicyclic) bond motifs is 2. The molecule has 0 saturated heterocycles. The van der Waals surface area contributed by atoms with Gasteiger partial charge in [-0.2, -0.15) is 0 Å². The first-order valence-corrected chi connectivity index (χ1v) is 8.85. The van der Waals surface area contributed by atoms with Gasteiger partial charge in [-0.05, 0) is 99.9 Å². The van der Waals surface area contributed by atoms with Gasteiger partial charge in [-0.3, -0.25) is 4.79 Å². The Kier molecular flexibility index (Phi) is 3.94. The van der Waals surface area contributed by atoms with E-state index >= 15 is 0 Å². The molecule has 25 heavy (non-hydrogen) atoms. The Morgan fingerprint density at radius 3 is 1.60 bits per heavy atom. The Balaban J connectivity index is 2.46. The first kappa shape index (κ1) is 17.5. The lowest BCUT2D eigenvalue weighted by Crippen LogP contribution is -2.27. The predicted molar refractivity (Wildman–Crippen MR) is 107 cm³/mol. The van der Waals surface area contributed by atoms with Gasteiger partial charge in [0.05, 0.1) is 22.6 Å². The maximum Gasteiger partial charge on any atom is 0.260 e. The van der Waals surface area contributed by atoms with Crippen LogP contribution in [0.25, 0.3) is 0 Å². The van der Waals surface area contributed by atoms with Gasteiger partial charge in [-0.25, -0.2) is 0 Å². The van der Waals surface area contributed by atoms with Gasteiger partial charge in [0.1, 0.15) is 0 Å². The van der Waals surface area contributed by atoms with Gasteiger partial charge in [-0.1, -0.05) is 0 Å². The molecular weight excluding hydrogens is 308 g/mol. The fraction of sp³-hybridized carbons (Fsp3) is 0.409. The second-order valence-corrected chi connectivity index (χ2v) is 7.46. The molecule has 2 aromatic carbocycles. The number of hydrogen-bond donors (Lipinski definition) is 1. The van der Waals surface area contributed by atoms with E-state index in [2.05, 4.69) is 60.7 Å². The minimum Gasteiger partial charge on any atom is -0.353 e. The first-order valence-electron chi connectivity index (χ1n) is 8.85. The minimum atomic E-state index is 0.0655. The highest BCUT2D eigenvalue weighted by Crippen LogP contribution is 2.45. The van der Waals surface area contributed by atoms with Crippen LogP contribution >= 0.6 is 0 Å². The third kappa shape index (κ3) is 2.21. The standard InChI is InChI=1S/C22H28N2O/c1-10-11(2)15(6)19-18(14(10)5)22(25)24(9)21-17(8)13(4)12(3)16(7)20(21)23-19/h23H,1-9H3. The average Bonchev–Trinajstić information content (AvgIpc) is 2.70. The monoisotopic (exact) mass is 336 g/mol. The molecule has 1 heterocycles. The molecule has 132 valence electrons. The zero-order valence-electron chi connectivity index (χ0n) is 16.9. The van der Waals surface area contributed by atoms with Gasteiger partial charge in [-0.15, -0.1) is 0 Å². The summed E-state index contributed by atoms with van der Waals surface area (Å²) in [5.74, 6) is 0.0655. The Bertz CT molecular complexity index is 939. The molecule has 0 spiro atoms. The van der Waals surface area contributed by atoms with E-state index in [0.29, 0.717) is 0 Å². The Hall–Kier alpha value is -2.29. The highest BCUT2D eigenvalue weighted by atomic mass is 16.2. The van der Waals surface area contributed by atoms with Crippen molar-refractivity contribution < 1.29 is 4.79 Å². The predicted octanol–water partition coefficient (Wildman–Crippen LogP) is 5.49. The van der Waals surface area contributed by atoms with Crippen LogP contribution < -0.4 is 10.2 Å². The molecule has 3 rings (SSSR count). The highest BCUT2D eigenvalue weighted by molar-refractivity contribution is 6.16. The van der Waals surface area contributed by atoms with E-state index in [4.69, 9.17) is 0 Å². The molecule has 1 aliphatic rings. The Morgan fingerprint density at radius 2 is 1.04 bits per heavy atom. The number of benzene rings is 2. The summed E-state index contributed by atoms with van der Waals surface area (Å²) >= 11 is 0. The fourth-order valence-electron chi connectivity index (χ4n) is 4.00. The van der Waals surface area contributed by atoms with E-state index in [1.807, 2.05) is 11.9 Å². The molecule has 1 aliphatic heterocycles. The molecule has 0 bridgehead atoms. The van der Waals surface area contributed by atoms with Crippen LogP contribution in [0.1, 0.15) is 54.9 Å². The largest absolute Gasteiger partial charge is 0.353 e. The van der Waals surface area contributed by atoms with Crippen LogP contribution in [0, 0.1) is 55.4 Å². The fourth-order valence-corrected chi connectivity index (χ4v) is 4.00. The van der Waals surface area contributed by atoms with E-state index in [1.165, 1.54) is 27.8 Å². The van der Waals surface area contributed by atoms with Gasteiger partial charge in [0.25, 0.3) is 5.91 Å². The Labute approximate surface area is 151 Å². The summed E-state index contributed by atoms with van der Waals surface area (Å²) in [4.78, 5) is 15.2. The summed E-state index contributed by atoms with van der Waals surface area (Å²) in [5.41, 5.74) is 13.4. The van der Waals surface area contributed by atoms with Crippen molar-refractivity contribution in [2.75, 3.05) is 17.3 Å². The van der Waals surface area contributed by atoms with E-state index in [0.717, 1.165) is 39.3 Å². The molecule has 2 aromatic rings. The quantitative estimate of drug-likeness (QED) is 0.690. The van der Waals surface area contributed by atoms with E-state index in [9.17, 15) is 4.79 Å². The topological polar surface area (TPSA) is 32.3 Å². The number of nitrogens with zero attached hydrogens (tertiary/aromatic N) is 1. The lowest BCUT2D eigenvalue weighted by molar-refractivity contribution is 0.0993. The molecule has 0 aromatic heterocycles. The van der Waals surface area contributed by atoms with Crippen LogP contribution in [0.3, 0.4) is 0 Å². The molecule has 3 heteroatoms. The lowest BCUT2D eigenvalue weighted by atomic mass is 9.91. The molecule has 0 saturated carbocycles. The van der Waals surface area contributed by atoms with Crippen molar-refractivity contribution in [3.05, 3.63) is 50.1 Å². The van der Waals surface area contributed by atoms with Crippen LogP contribution in [0.5, 0.6) is 0 Å². The number of nitrogens with one attached hydrogen (secondary N) is 1. The van der Waals surface area contributed by atoms with Gasteiger partial charge in [0.2, 0.25) is 0 Å². The zero-order valence-corrected chi connectivity index (χ0v) is 16.9. The normalized spacial score (nSPS) is 13.3. The average molecular weight is 336 g/mol. The van der Waals surface area contributed by atoms with Crippen LogP contribution in [0.2, 0.25) is 0 Å². The number of rotatable bonds is 0. The second kappa shape index (κ2) is 5.62. The third-order valence-electron chi connectivity index (χ3n) is 6.45. The SMILES string of the molecule is Cc1c(C)c(C)c2c(c1C)Nc1c(C)c(C)c(C)c(C)c1N(C)C2=O. The summed E-state index contributed by atoms with van der Waals surface area (Å²) in [6.07, 6.45) is 0. The van der Waals surface area contributed by atoms with Crippen molar-refractivity contribution in [3.63, 3.8) is 0 Å². The summed E-state index contributed by atoms with van der Waals surface area (Å²) in [6, 6.07) is 0. The molecule has 3 nitrogen and oxygen atoms in total. The maximum absolute atomic E-state index is 13.4. The molecule has 0 fully saturated rings. The molecule has 0 radical (unpaired) electrons. The third-order valence-corrected chi connectivity index (χ3v) is 6.45. The maximum atomic E-state index is 13.4. The molecular formula is C22H28N2O. The van der Waals surface area contributed by atoms with Crippen LogP contribution in [0.15, 0.2) is 0 Å². The first-order chi connectivity index (χ1) is 11.6. The second-order valence-electron chi connectivity index (χ2n) is 7.46. The Morgan fingerprint density at radius 1 is 0.600 bits per heavy atom. The lowest BCUT2D eigenvalue weighted by Gasteiger charge is -2.24. The number of carbonyl (C=O) groups is 1. The summed E-state index contributed by atoms with van der Waals surface area (Å²) in [5, 5.41) is 3.66. The summed E-state index contributed by atoms with van der Waals surface area (Å²) in [6.45, 7) is 16.9. The van der Waals surface area contributed by atoms with E-state index in [1.54, 1.807) is 0 Å². The van der Waals surface area contributed by atoms with Crippen molar-refractivity contribution >= 4 is 23.0 Å². The van der Waals surface area contributed by atoms with Crippen molar-refractivity contribution in [3.8, 4) is 0 Å². The highest BCUT2D eigenvalue weighted by Gasteiger charge is 2.31. The zero-order chi connectivity index (χ0) is 18.8. The smallest absolute Gasteiger partial charge is 0.260 e. The van der Waals surface area contributed by atoms with Gasteiger partial charge >= 0.3 is 0 Å². The number of hydrogen-bond acceptors (Lipinski definition) is 2. The summed E-state index contributed by atoms with van der Waals surface area (Å²) in [7, 11) is 1.89. The van der Waals surface area contributed by atoms with E-state index < -0.39 is 0 Å². The van der Waals surface area contributed by atoms with Gasteiger partial charge in [0, 0.05) is 7.05 Å².